The highest BCUT2D eigenvalue weighted by molar-refractivity contribution is 9.10. The summed E-state index contributed by atoms with van der Waals surface area (Å²) in [7, 11) is 0. The quantitative estimate of drug-likeness (QED) is 0.416. The van der Waals surface area contributed by atoms with E-state index in [2.05, 4.69) is 31.9 Å². The van der Waals surface area contributed by atoms with Crippen molar-refractivity contribution in [3.8, 4) is 18.1 Å². The average Bonchev–Trinajstić information content (AvgIpc) is 2.62. The van der Waals surface area contributed by atoms with Gasteiger partial charge in [0.25, 0.3) is 5.56 Å². The fourth-order valence-corrected chi connectivity index (χ4v) is 3.40. The van der Waals surface area contributed by atoms with Gasteiger partial charge in [-0.05, 0) is 42.8 Å². The van der Waals surface area contributed by atoms with Gasteiger partial charge in [-0.1, -0.05) is 45.1 Å². The lowest BCUT2D eigenvalue weighted by Gasteiger charge is -2.09. The molecular formula is C19H12BrCl2N3O2. The van der Waals surface area contributed by atoms with Crippen LogP contribution in [0.2, 0.25) is 10.0 Å². The Balaban J connectivity index is 2.02. The largest absolute Gasteiger partial charge is 0.478 e. The number of benzene rings is 2. The predicted octanol–water partition coefficient (Wildman–Crippen LogP) is 4.67. The number of rotatable bonds is 4. The first-order valence-corrected chi connectivity index (χ1v) is 9.24. The van der Waals surface area contributed by atoms with Crippen LogP contribution in [0.4, 0.5) is 0 Å². The summed E-state index contributed by atoms with van der Waals surface area (Å²) in [5.41, 5.74) is 0.924. The summed E-state index contributed by atoms with van der Waals surface area (Å²) in [6, 6.07) is 8.55. The minimum absolute atomic E-state index is 0.0553. The molecule has 0 fully saturated rings. The highest BCUT2D eigenvalue weighted by Crippen LogP contribution is 2.33. The van der Waals surface area contributed by atoms with E-state index in [4.69, 9.17) is 34.4 Å². The van der Waals surface area contributed by atoms with E-state index in [9.17, 15) is 4.79 Å². The predicted molar refractivity (Wildman–Crippen MR) is 112 cm³/mol. The van der Waals surface area contributed by atoms with Crippen molar-refractivity contribution >= 4 is 56.2 Å². The van der Waals surface area contributed by atoms with Crippen molar-refractivity contribution in [3.05, 3.63) is 66.6 Å². The van der Waals surface area contributed by atoms with Gasteiger partial charge in [-0.15, -0.1) is 6.42 Å². The molecule has 136 valence electrons. The number of nitrogens with zero attached hydrogens (tertiary/aromatic N) is 3. The van der Waals surface area contributed by atoms with Crippen molar-refractivity contribution in [2.75, 3.05) is 6.61 Å². The summed E-state index contributed by atoms with van der Waals surface area (Å²) in [4.78, 5) is 17.1. The maximum Gasteiger partial charge on any atom is 0.282 e. The Morgan fingerprint density at radius 3 is 2.70 bits per heavy atom. The van der Waals surface area contributed by atoms with Crippen LogP contribution in [0.5, 0.6) is 5.75 Å². The van der Waals surface area contributed by atoms with Crippen LogP contribution in [0.1, 0.15) is 11.4 Å². The Kier molecular flexibility index (Phi) is 5.85. The number of hydrogen-bond donors (Lipinski definition) is 0. The Morgan fingerprint density at radius 2 is 2.04 bits per heavy atom. The third kappa shape index (κ3) is 4.16. The molecule has 0 saturated carbocycles. The first kappa shape index (κ1) is 19.4. The van der Waals surface area contributed by atoms with E-state index in [1.165, 1.54) is 10.9 Å². The fraction of sp³-hybridized carbons (Fsp3) is 0.105. The zero-order valence-electron chi connectivity index (χ0n) is 14.0. The molecule has 0 amide bonds. The van der Waals surface area contributed by atoms with Gasteiger partial charge in [0.05, 0.1) is 27.2 Å². The van der Waals surface area contributed by atoms with Crippen LogP contribution >= 0.6 is 39.1 Å². The molecule has 3 rings (SSSR count). The summed E-state index contributed by atoms with van der Waals surface area (Å²) in [6.07, 6.45) is 6.65. The lowest BCUT2D eigenvalue weighted by molar-refractivity contribution is 0.371. The van der Waals surface area contributed by atoms with Crippen LogP contribution in [-0.2, 0) is 0 Å². The van der Waals surface area contributed by atoms with Gasteiger partial charge in [0.15, 0.2) is 5.75 Å². The van der Waals surface area contributed by atoms with Gasteiger partial charge >= 0.3 is 0 Å². The third-order valence-corrected chi connectivity index (χ3v) is 4.67. The van der Waals surface area contributed by atoms with Crippen LogP contribution in [0.25, 0.3) is 10.9 Å². The molecule has 0 N–H and O–H groups in total. The number of hydrogen-bond acceptors (Lipinski definition) is 4. The first-order valence-electron chi connectivity index (χ1n) is 7.69. The Hall–Kier alpha value is -2.33. The number of ether oxygens (including phenoxy) is 1. The molecule has 0 atom stereocenters. The van der Waals surface area contributed by atoms with Gasteiger partial charge < -0.3 is 4.74 Å². The SMILES string of the molecule is C#CCOc1c(Cl)cc(C=Nn2c(C)nc3ccc(Br)cc3c2=O)cc1Cl. The molecule has 8 heteroatoms. The molecule has 0 aliphatic carbocycles. The first-order chi connectivity index (χ1) is 12.9. The Labute approximate surface area is 173 Å². The smallest absolute Gasteiger partial charge is 0.282 e. The minimum atomic E-state index is -0.277. The summed E-state index contributed by atoms with van der Waals surface area (Å²) >= 11 is 15.7. The van der Waals surface area contributed by atoms with Crippen LogP contribution in [0, 0.1) is 19.3 Å². The van der Waals surface area contributed by atoms with Crippen molar-refractivity contribution in [2.45, 2.75) is 6.92 Å². The number of aryl methyl sites for hydroxylation is 1. The monoisotopic (exact) mass is 463 g/mol. The summed E-state index contributed by atoms with van der Waals surface area (Å²) in [5, 5.41) is 5.29. The lowest BCUT2D eigenvalue weighted by Crippen LogP contribution is -2.20. The van der Waals surface area contributed by atoms with E-state index in [0.29, 0.717) is 38.1 Å². The van der Waals surface area contributed by atoms with Gasteiger partial charge in [0.2, 0.25) is 0 Å². The number of terminal acetylenes is 1. The van der Waals surface area contributed by atoms with E-state index in [1.54, 1.807) is 31.2 Å². The van der Waals surface area contributed by atoms with Crippen molar-refractivity contribution in [1.82, 2.24) is 9.66 Å². The maximum atomic E-state index is 12.7. The molecule has 1 aromatic heterocycles. The zero-order valence-corrected chi connectivity index (χ0v) is 17.1. The highest BCUT2D eigenvalue weighted by atomic mass is 79.9. The molecule has 27 heavy (non-hydrogen) atoms. The molecule has 0 unspecified atom stereocenters. The fourth-order valence-electron chi connectivity index (χ4n) is 2.43. The molecule has 0 radical (unpaired) electrons. The molecular weight excluding hydrogens is 453 g/mol. The second-order valence-corrected chi connectivity index (χ2v) is 7.22. The van der Waals surface area contributed by atoms with Gasteiger partial charge in [-0.25, -0.2) is 4.98 Å². The molecule has 0 spiro atoms. The molecule has 5 nitrogen and oxygen atoms in total. The minimum Gasteiger partial charge on any atom is -0.478 e. The molecule has 2 aromatic carbocycles. The highest BCUT2D eigenvalue weighted by Gasteiger charge is 2.10. The van der Waals surface area contributed by atoms with Gasteiger partial charge in [-0.2, -0.15) is 9.78 Å². The zero-order chi connectivity index (χ0) is 19.6. The summed E-state index contributed by atoms with van der Waals surface area (Å²) < 4.78 is 7.33. The van der Waals surface area contributed by atoms with E-state index in [0.717, 1.165) is 4.47 Å². The van der Waals surface area contributed by atoms with Crippen molar-refractivity contribution in [2.24, 2.45) is 5.10 Å². The van der Waals surface area contributed by atoms with Crippen LogP contribution in [0.15, 0.2) is 44.7 Å². The van der Waals surface area contributed by atoms with Crippen LogP contribution < -0.4 is 10.3 Å². The van der Waals surface area contributed by atoms with E-state index < -0.39 is 0 Å². The van der Waals surface area contributed by atoms with Gasteiger partial charge in [0.1, 0.15) is 12.4 Å². The Morgan fingerprint density at radius 1 is 1.33 bits per heavy atom. The number of fused-ring (bicyclic) bond motifs is 1. The molecule has 0 aliphatic heterocycles. The van der Waals surface area contributed by atoms with Crippen LogP contribution in [0.3, 0.4) is 0 Å². The van der Waals surface area contributed by atoms with E-state index in [-0.39, 0.29) is 12.2 Å². The van der Waals surface area contributed by atoms with E-state index in [1.807, 2.05) is 6.07 Å². The van der Waals surface area contributed by atoms with Crippen molar-refractivity contribution < 1.29 is 4.74 Å². The second-order valence-electron chi connectivity index (χ2n) is 5.49. The topological polar surface area (TPSA) is 56.5 Å². The number of aromatic nitrogens is 2. The maximum absolute atomic E-state index is 12.7. The lowest BCUT2D eigenvalue weighted by atomic mass is 10.2. The second kappa shape index (κ2) is 8.13. The molecule has 3 aromatic rings. The summed E-state index contributed by atoms with van der Waals surface area (Å²) in [5.74, 6) is 3.11. The third-order valence-electron chi connectivity index (χ3n) is 3.61. The van der Waals surface area contributed by atoms with Crippen LogP contribution in [-0.4, -0.2) is 22.5 Å². The van der Waals surface area contributed by atoms with Crippen molar-refractivity contribution in [1.29, 1.82) is 0 Å². The summed E-state index contributed by atoms with van der Waals surface area (Å²) in [6.45, 7) is 1.76. The van der Waals surface area contributed by atoms with E-state index >= 15 is 0 Å². The standard InChI is InChI=1S/C19H12BrCl2N3O2/c1-3-6-27-18-15(21)7-12(8-16(18)22)10-23-25-11(2)24-17-5-4-13(20)9-14(17)19(25)26/h1,4-5,7-10H,6H2,2H3. The molecule has 1 heterocycles. The Bertz CT molecular complexity index is 1140. The average molecular weight is 465 g/mol. The van der Waals surface area contributed by atoms with Gasteiger partial charge in [0, 0.05) is 4.47 Å². The number of halogens is 3. The van der Waals surface area contributed by atoms with Crippen molar-refractivity contribution in [3.63, 3.8) is 0 Å². The molecule has 0 aliphatic rings. The normalized spacial score (nSPS) is 11.1. The molecule has 0 saturated heterocycles. The molecule has 0 bridgehead atoms. The van der Waals surface area contributed by atoms with Gasteiger partial charge in [-0.3, -0.25) is 4.79 Å².